The van der Waals surface area contributed by atoms with Crippen LogP contribution < -0.4 is 10.6 Å². The fourth-order valence-corrected chi connectivity index (χ4v) is 0.486. The van der Waals surface area contributed by atoms with Crippen LogP contribution in [-0.2, 0) is 9.53 Å². The van der Waals surface area contributed by atoms with E-state index in [2.05, 4.69) is 10.1 Å². The Labute approximate surface area is 65.1 Å². The van der Waals surface area contributed by atoms with Crippen LogP contribution in [0.2, 0.25) is 0 Å². The smallest absolute Gasteiger partial charge is 0.413 e. The molecule has 0 aromatic rings. The normalized spacial score (nSPS) is 8.91. The Morgan fingerprint density at radius 1 is 1.45 bits per heavy atom. The molecule has 0 bridgehead atoms. The second-order valence-electron chi connectivity index (χ2n) is 1.80. The largest absolute Gasteiger partial charge is 0.450 e. The molecule has 5 heteroatoms. The average molecular weight is 160 g/mol. The summed E-state index contributed by atoms with van der Waals surface area (Å²) in [7, 11) is 1.62. The molecule has 0 aliphatic carbocycles. The van der Waals surface area contributed by atoms with E-state index in [0.717, 1.165) is 0 Å². The van der Waals surface area contributed by atoms with Crippen molar-refractivity contribution in [3.63, 3.8) is 0 Å². The summed E-state index contributed by atoms with van der Waals surface area (Å²) in [6.45, 7) is 2.04. The van der Waals surface area contributed by atoms with Gasteiger partial charge in [-0.25, -0.2) is 4.79 Å². The van der Waals surface area contributed by atoms with E-state index in [1.165, 1.54) is 0 Å². The Bertz CT molecular complexity index is 131. The number of carbonyl (C=O) groups is 2. The van der Waals surface area contributed by atoms with Crippen molar-refractivity contribution in [3.05, 3.63) is 0 Å². The predicted molar refractivity (Wildman–Crippen MR) is 39.1 cm³/mol. The molecular weight excluding hydrogens is 148 g/mol. The molecule has 0 saturated carbocycles. The van der Waals surface area contributed by atoms with E-state index in [-0.39, 0.29) is 13.2 Å². The van der Waals surface area contributed by atoms with E-state index in [9.17, 15) is 9.59 Å². The maximum absolute atomic E-state index is 10.7. The zero-order chi connectivity index (χ0) is 8.69. The molecule has 0 heterocycles. The monoisotopic (exact) mass is 160 g/mol. The molecule has 64 valence electrons. The number of ether oxygens (including phenoxy) is 1. The van der Waals surface area contributed by atoms with Crippen LogP contribution >= 0.6 is 0 Å². The number of hydrogen-bond acceptors (Lipinski definition) is 4. The molecule has 0 radical (unpaired) electrons. The average Bonchev–Trinajstić information content (AvgIpc) is 1.87. The molecule has 0 saturated heterocycles. The van der Waals surface area contributed by atoms with E-state index < -0.39 is 12.0 Å². The highest BCUT2D eigenvalue weighted by atomic mass is 16.5. The summed E-state index contributed by atoms with van der Waals surface area (Å²) in [4.78, 5) is 21.2. The number of carbonyl (C=O) groups excluding carboxylic acids is 2. The number of amides is 2. The van der Waals surface area contributed by atoms with Gasteiger partial charge in [0.25, 0.3) is 0 Å². The van der Waals surface area contributed by atoms with Crippen LogP contribution in [0.1, 0.15) is 6.92 Å². The first-order chi connectivity index (χ1) is 5.20. The lowest BCUT2D eigenvalue weighted by Crippen LogP contribution is -2.36. The first-order valence-electron chi connectivity index (χ1n) is 3.32. The minimum absolute atomic E-state index is 0.110. The van der Waals surface area contributed by atoms with Gasteiger partial charge in [0.1, 0.15) is 0 Å². The van der Waals surface area contributed by atoms with Crippen molar-refractivity contribution in [1.29, 1.82) is 0 Å². The van der Waals surface area contributed by atoms with Crippen molar-refractivity contribution in [2.75, 3.05) is 20.2 Å². The predicted octanol–water partition coefficient (Wildman–Crippen LogP) is -0.521. The first kappa shape index (κ1) is 9.90. The van der Waals surface area contributed by atoms with Crippen molar-refractivity contribution in [2.45, 2.75) is 6.92 Å². The standard InChI is InChI=1S/C6H12N2O3/c1-3-11-6(10)8-5(9)4-7-2/h7H,3-4H2,1-2H3,(H,8,9,10). The van der Waals surface area contributed by atoms with Crippen LogP contribution in [0.25, 0.3) is 0 Å². The van der Waals surface area contributed by atoms with Crippen LogP contribution in [0.15, 0.2) is 0 Å². The maximum Gasteiger partial charge on any atom is 0.413 e. The molecule has 2 amide bonds. The quantitative estimate of drug-likeness (QED) is 0.583. The molecule has 0 unspecified atom stereocenters. The van der Waals surface area contributed by atoms with Gasteiger partial charge in [0.15, 0.2) is 0 Å². The molecule has 2 N–H and O–H groups in total. The molecule has 0 atom stereocenters. The van der Waals surface area contributed by atoms with Gasteiger partial charge in [0.2, 0.25) is 5.91 Å². The molecule has 5 nitrogen and oxygen atoms in total. The Balaban J connectivity index is 3.49. The SMILES string of the molecule is CCOC(=O)NC(=O)CNC. The van der Waals surface area contributed by atoms with Crippen LogP contribution in [0.3, 0.4) is 0 Å². The van der Waals surface area contributed by atoms with E-state index in [4.69, 9.17) is 0 Å². The number of likely N-dealkylation sites (N-methyl/N-ethyl adjacent to an activating group) is 1. The Kier molecular flexibility index (Phi) is 5.10. The Hall–Kier alpha value is -1.10. The Morgan fingerprint density at radius 3 is 2.55 bits per heavy atom. The van der Waals surface area contributed by atoms with Gasteiger partial charge < -0.3 is 10.1 Å². The highest BCUT2D eigenvalue weighted by Gasteiger charge is 2.05. The molecule has 0 spiro atoms. The van der Waals surface area contributed by atoms with Crippen molar-refractivity contribution in [1.82, 2.24) is 10.6 Å². The lowest BCUT2D eigenvalue weighted by Gasteiger charge is -2.02. The summed E-state index contributed by atoms with van der Waals surface area (Å²) in [5.74, 6) is -0.397. The molecule has 0 aliphatic heterocycles. The molecule has 0 aromatic heterocycles. The third-order valence-electron chi connectivity index (χ3n) is 0.854. The van der Waals surface area contributed by atoms with Crippen molar-refractivity contribution >= 4 is 12.0 Å². The molecule has 11 heavy (non-hydrogen) atoms. The van der Waals surface area contributed by atoms with Crippen molar-refractivity contribution in [3.8, 4) is 0 Å². The number of alkyl carbamates (subject to hydrolysis) is 1. The zero-order valence-corrected chi connectivity index (χ0v) is 6.64. The van der Waals surface area contributed by atoms with Crippen LogP contribution in [-0.4, -0.2) is 32.2 Å². The van der Waals surface area contributed by atoms with Crippen molar-refractivity contribution < 1.29 is 14.3 Å². The number of hydrogen-bond donors (Lipinski definition) is 2. The number of imide groups is 1. The zero-order valence-electron chi connectivity index (χ0n) is 6.64. The lowest BCUT2D eigenvalue weighted by atomic mass is 10.6. The molecule has 0 fully saturated rings. The highest BCUT2D eigenvalue weighted by molar-refractivity contribution is 5.92. The molecule has 0 rings (SSSR count). The second kappa shape index (κ2) is 5.67. The van der Waals surface area contributed by atoms with E-state index >= 15 is 0 Å². The van der Waals surface area contributed by atoms with Gasteiger partial charge in [-0.2, -0.15) is 0 Å². The van der Waals surface area contributed by atoms with Crippen LogP contribution in [0, 0.1) is 0 Å². The second-order valence-corrected chi connectivity index (χ2v) is 1.80. The van der Waals surface area contributed by atoms with Gasteiger partial charge in [0.05, 0.1) is 13.2 Å². The van der Waals surface area contributed by atoms with Gasteiger partial charge >= 0.3 is 6.09 Å². The van der Waals surface area contributed by atoms with E-state index in [0.29, 0.717) is 0 Å². The molecule has 0 aromatic carbocycles. The van der Waals surface area contributed by atoms with Gasteiger partial charge in [-0.05, 0) is 14.0 Å². The lowest BCUT2D eigenvalue weighted by molar-refractivity contribution is -0.119. The highest BCUT2D eigenvalue weighted by Crippen LogP contribution is 1.75. The number of nitrogens with one attached hydrogen (secondary N) is 2. The minimum atomic E-state index is -0.701. The van der Waals surface area contributed by atoms with Gasteiger partial charge in [-0.1, -0.05) is 0 Å². The summed E-state index contributed by atoms with van der Waals surface area (Å²) >= 11 is 0. The number of rotatable bonds is 3. The maximum atomic E-state index is 10.7. The summed E-state index contributed by atoms with van der Waals surface area (Å²) < 4.78 is 4.46. The van der Waals surface area contributed by atoms with E-state index in [1.807, 2.05) is 5.32 Å². The topological polar surface area (TPSA) is 67.4 Å². The fraction of sp³-hybridized carbons (Fsp3) is 0.667. The summed E-state index contributed by atoms with van der Waals surface area (Å²) in [5.41, 5.74) is 0. The van der Waals surface area contributed by atoms with E-state index in [1.54, 1.807) is 14.0 Å². The van der Waals surface area contributed by atoms with Crippen molar-refractivity contribution in [2.24, 2.45) is 0 Å². The Morgan fingerprint density at radius 2 is 2.09 bits per heavy atom. The fourth-order valence-electron chi connectivity index (χ4n) is 0.486. The molecular formula is C6H12N2O3. The summed E-state index contributed by atoms with van der Waals surface area (Å²) in [6, 6.07) is 0. The van der Waals surface area contributed by atoms with Crippen LogP contribution in [0.4, 0.5) is 4.79 Å². The third-order valence-corrected chi connectivity index (χ3v) is 0.854. The third kappa shape index (κ3) is 5.35. The summed E-state index contributed by atoms with van der Waals surface area (Å²) in [6.07, 6.45) is -0.701. The van der Waals surface area contributed by atoms with Gasteiger partial charge in [-0.15, -0.1) is 0 Å². The van der Waals surface area contributed by atoms with Gasteiger partial charge in [0, 0.05) is 0 Å². The molecule has 0 aliphatic rings. The van der Waals surface area contributed by atoms with Gasteiger partial charge in [-0.3, -0.25) is 10.1 Å². The summed E-state index contributed by atoms with van der Waals surface area (Å²) in [5, 5.41) is 4.61. The van der Waals surface area contributed by atoms with Crippen LogP contribution in [0.5, 0.6) is 0 Å². The minimum Gasteiger partial charge on any atom is -0.450 e. The first-order valence-corrected chi connectivity index (χ1v) is 3.32.